The van der Waals surface area contributed by atoms with Crippen LogP contribution >= 0.6 is 23.2 Å². The lowest BCUT2D eigenvalue weighted by Crippen LogP contribution is -2.02. The number of carbonyl (C=O) groups is 4. The average molecular weight is 217 g/mol. The van der Waals surface area contributed by atoms with Gasteiger partial charge in [0.25, 0.3) is 0 Å². The SMILES string of the molecule is O=C(O)C(=O)Cl.O=C(O)C(=O)Cl. The van der Waals surface area contributed by atoms with E-state index in [0.717, 1.165) is 0 Å². The van der Waals surface area contributed by atoms with E-state index in [4.69, 9.17) is 10.2 Å². The molecule has 0 amide bonds. The van der Waals surface area contributed by atoms with Crippen LogP contribution in [0.3, 0.4) is 0 Å². The molecule has 0 saturated heterocycles. The number of halogens is 2. The fraction of sp³-hybridized carbons (Fsp3) is 0. The van der Waals surface area contributed by atoms with E-state index in [2.05, 4.69) is 23.2 Å². The molecule has 0 saturated carbocycles. The van der Waals surface area contributed by atoms with Crippen molar-refractivity contribution < 1.29 is 29.4 Å². The molecule has 0 aromatic rings. The predicted molar refractivity (Wildman–Crippen MR) is 37.0 cm³/mol. The lowest BCUT2D eigenvalue weighted by molar-refractivity contribution is -0.145. The van der Waals surface area contributed by atoms with Gasteiger partial charge in [0.2, 0.25) is 0 Å². The van der Waals surface area contributed by atoms with E-state index in [1.807, 2.05) is 0 Å². The van der Waals surface area contributed by atoms with E-state index in [1.165, 1.54) is 0 Å². The van der Waals surface area contributed by atoms with E-state index in [0.29, 0.717) is 0 Å². The van der Waals surface area contributed by atoms with Crippen LogP contribution < -0.4 is 0 Å². The van der Waals surface area contributed by atoms with Gasteiger partial charge in [0.05, 0.1) is 0 Å². The van der Waals surface area contributed by atoms with E-state index in [9.17, 15) is 19.2 Å². The fourth-order valence-corrected chi connectivity index (χ4v) is 0. The number of carboxylic acids is 2. The molecule has 0 aliphatic carbocycles. The maximum Gasteiger partial charge on any atom is 0.388 e. The second-order valence-electron chi connectivity index (χ2n) is 1.16. The van der Waals surface area contributed by atoms with Crippen LogP contribution in [0, 0.1) is 0 Å². The maximum atomic E-state index is 9.31. The number of hydrogen-bond acceptors (Lipinski definition) is 4. The third kappa shape index (κ3) is 11.6. The van der Waals surface area contributed by atoms with Gasteiger partial charge in [-0.3, -0.25) is 9.59 Å². The van der Waals surface area contributed by atoms with Crippen molar-refractivity contribution in [1.82, 2.24) is 0 Å². The zero-order valence-corrected chi connectivity index (χ0v) is 6.80. The van der Waals surface area contributed by atoms with Crippen molar-refractivity contribution in [3.8, 4) is 0 Å². The summed E-state index contributed by atoms with van der Waals surface area (Å²) in [5.41, 5.74) is 0. The Morgan fingerprint density at radius 3 is 0.833 bits per heavy atom. The summed E-state index contributed by atoms with van der Waals surface area (Å²) in [6.45, 7) is 0. The van der Waals surface area contributed by atoms with Gasteiger partial charge < -0.3 is 10.2 Å². The Balaban J connectivity index is 0. The Hall–Kier alpha value is -1.14. The summed E-state index contributed by atoms with van der Waals surface area (Å²) in [7, 11) is 0. The number of carboxylic acid groups (broad SMARTS) is 2. The van der Waals surface area contributed by atoms with E-state index in [-0.39, 0.29) is 0 Å². The number of carbonyl (C=O) groups excluding carboxylic acids is 2. The highest BCUT2D eigenvalue weighted by atomic mass is 35.5. The smallest absolute Gasteiger partial charge is 0.388 e. The highest BCUT2D eigenvalue weighted by molar-refractivity contribution is 6.80. The molecule has 0 bridgehead atoms. The summed E-state index contributed by atoms with van der Waals surface area (Å²) >= 11 is 8.75. The summed E-state index contributed by atoms with van der Waals surface area (Å²) in [5, 5.41) is 12.3. The topological polar surface area (TPSA) is 109 Å². The quantitative estimate of drug-likeness (QED) is 0.484. The third-order valence-electron chi connectivity index (χ3n) is 0.336. The van der Waals surface area contributed by atoms with Crippen LogP contribution in [0.4, 0.5) is 0 Å². The monoisotopic (exact) mass is 216 g/mol. The van der Waals surface area contributed by atoms with Gasteiger partial charge in [0, 0.05) is 0 Å². The lowest BCUT2D eigenvalue weighted by Gasteiger charge is -1.70. The Labute approximate surface area is 75.7 Å². The first-order valence-electron chi connectivity index (χ1n) is 2.14. The molecule has 2 N–H and O–H groups in total. The molecule has 0 fully saturated rings. The molecule has 0 atom stereocenters. The summed E-state index contributed by atoms with van der Waals surface area (Å²) in [5.74, 6) is -3.23. The minimum Gasteiger partial charge on any atom is -0.475 e. The molecule has 68 valence electrons. The van der Waals surface area contributed by atoms with Crippen LogP contribution in [0.5, 0.6) is 0 Å². The van der Waals surface area contributed by atoms with Crippen LogP contribution in [0.1, 0.15) is 0 Å². The minimum absolute atomic E-state index is 1.35. The molecule has 0 radical (unpaired) electrons. The molecule has 0 heterocycles. The van der Waals surface area contributed by atoms with Gasteiger partial charge in [-0.2, -0.15) is 0 Å². The van der Waals surface area contributed by atoms with Crippen molar-refractivity contribution in [2.24, 2.45) is 0 Å². The first kappa shape index (κ1) is 13.4. The molecule has 0 aromatic heterocycles. The molecule has 0 rings (SSSR count). The first-order chi connectivity index (χ1) is 5.29. The van der Waals surface area contributed by atoms with Crippen LogP contribution in [0.15, 0.2) is 0 Å². The van der Waals surface area contributed by atoms with E-state index in [1.54, 1.807) is 0 Å². The molecule has 6 nitrogen and oxygen atoms in total. The highest BCUT2D eigenvalue weighted by Gasteiger charge is 2.03. The van der Waals surface area contributed by atoms with Crippen LogP contribution in [-0.2, 0) is 19.2 Å². The van der Waals surface area contributed by atoms with Gasteiger partial charge in [0.15, 0.2) is 0 Å². The Morgan fingerprint density at radius 1 is 0.750 bits per heavy atom. The summed E-state index contributed by atoms with van der Waals surface area (Å²) in [4.78, 5) is 37.1. The lowest BCUT2D eigenvalue weighted by atomic mass is 10.8. The highest BCUT2D eigenvalue weighted by Crippen LogP contribution is 1.74. The molecule has 0 unspecified atom stereocenters. The molecule has 0 aliphatic rings. The Kier molecular flexibility index (Phi) is 7.36. The fourth-order valence-electron chi connectivity index (χ4n) is 0. The standard InChI is InChI=1S/2C2HClO3/c2*3-1(4)2(5)6/h2*(H,5,6). The predicted octanol–water partition coefficient (Wildman–Crippen LogP) is -0.327. The second kappa shape index (κ2) is 6.56. The van der Waals surface area contributed by atoms with Crippen LogP contribution in [-0.4, -0.2) is 32.6 Å². The Morgan fingerprint density at radius 2 is 0.833 bits per heavy atom. The molecule has 0 aliphatic heterocycles. The van der Waals surface area contributed by atoms with Crippen molar-refractivity contribution >= 4 is 45.6 Å². The largest absolute Gasteiger partial charge is 0.475 e. The van der Waals surface area contributed by atoms with Crippen molar-refractivity contribution in [2.45, 2.75) is 0 Å². The van der Waals surface area contributed by atoms with Gasteiger partial charge in [-0.25, -0.2) is 9.59 Å². The van der Waals surface area contributed by atoms with Crippen molar-refractivity contribution in [2.75, 3.05) is 0 Å². The summed E-state index contributed by atoms with van der Waals surface area (Å²) < 4.78 is 0. The van der Waals surface area contributed by atoms with Gasteiger partial charge >= 0.3 is 22.4 Å². The first-order valence-corrected chi connectivity index (χ1v) is 2.90. The number of aliphatic carboxylic acids is 2. The normalized spacial score (nSPS) is 7.50. The van der Waals surface area contributed by atoms with Crippen LogP contribution in [0.2, 0.25) is 0 Å². The minimum atomic E-state index is -1.61. The van der Waals surface area contributed by atoms with Crippen LogP contribution in [0.25, 0.3) is 0 Å². The molecule has 12 heavy (non-hydrogen) atoms. The molecule has 8 heteroatoms. The summed E-state index contributed by atoms with van der Waals surface area (Å²) in [6, 6.07) is 0. The average Bonchev–Trinajstić information content (AvgIpc) is 1.88. The molecule has 0 aromatic carbocycles. The van der Waals surface area contributed by atoms with Gasteiger partial charge in [0.1, 0.15) is 0 Å². The van der Waals surface area contributed by atoms with E-state index >= 15 is 0 Å². The summed E-state index contributed by atoms with van der Waals surface area (Å²) in [6.07, 6.45) is 0. The zero-order valence-electron chi connectivity index (χ0n) is 5.28. The Bertz CT molecular complexity index is 174. The zero-order chi connectivity index (χ0) is 10.3. The van der Waals surface area contributed by atoms with Gasteiger partial charge in [-0.15, -0.1) is 0 Å². The second-order valence-corrected chi connectivity index (χ2v) is 1.84. The third-order valence-corrected chi connectivity index (χ3v) is 0.660. The van der Waals surface area contributed by atoms with Gasteiger partial charge in [-0.05, 0) is 23.2 Å². The maximum absolute atomic E-state index is 9.31. The number of rotatable bonds is 2. The molecular weight excluding hydrogens is 215 g/mol. The number of hydrogen-bond donors (Lipinski definition) is 2. The molecular formula is C4H2Cl2O6. The van der Waals surface area contributed by atoms with Gasteiger partial charge in [-0.1, -0.05) is 0 Å². The molecule has 0 spiro atoms. The van der Waals surface area contributed by atoms with E-state index < -0.39 is 22.4 Å². The van der Waals surface area contributed by atoms with Crippen molar-refractivity contribution in [3.63, 3.8) is 0 Å². The van der Waals surface area contributed by atoms with Crippen molar-refractivity contribution in [3.05, 3.63) is 0 Å². The van der Waals surface area contributed by atoms with Crippen molar-refractivity contribution in [1.29, 1.82) is 0 Å².